The number of hydrogen-bond donors (Lipinski definition) is 1. The summed E-state index contributed by atoms with van der Waals surface area (Å²) in [5, 5.41) is 13.4. The second-order valence-electron chi connectivity index (χ2n) is 3.39. The summed E-state index contributed by atoms with van der Waals surface area (Å²) < 4.78 is 5.62. The van der Waals surface area contributed by atoms with Crippen molar-refractivity contribution < 1.29 is 14.4 Å². The number of nitrogens with zero attached hydrogens (tertiary/aromatic N) is 1. The molecule has 0 bridgehead atoms. The molecule has 0 saturated heterocycles. The fourth-order valence-corrected chi connectivity index (χ4v) is 2.09. The maximum Gasteiger partial charge on any atom is 0.341 e. The van der Waals surface area contributed by atoms with E-state index in [4.69, 9.17) is 21.2 Å². The van der Waals surface area contributed by atoms with E-state index >= 15 is 0 Å². The Labute approximate surface area is 110 Å². The van der Waals surface area contributed by atoms with Crippen LogP contribution >= 0.6 is 27.5 Å². The number of rotatable bonds is 2. The van der Waals surface area contributed by atoms with Gasteiger partial charge in [-0.2, -0.15) is 0 Å². The Morgan fingerprint density at radius 1 is 1.53 bits per heavy atom. The van der Waals surface area contributed by atoms with E-state index in [1.807, 2.05) is 0 Å². The molecule has 4 nitrogen and oxygen atoms in total. The summed E-state index contributed by atoms with van der Waals surface area (Å²) in [4.78, 5) is 11.1. The highest BCUT2D eigenvalue weighted by Crippen LogP contribution is 2.33. The zero-order valence-electron chi connectivity index (χ0n) is 8.70. The van der Waals surface area contributed by atoms with Crippen molar-refractivity contribution >= 4 is 33.5 Å². The molecule has 0 spiro atoms. The maximum atomic E-state index is 11.1. The molecule has 1 aromatic heterocycles. The van der Waals surface area contributed by atoms with Crippen LogP contribution in [0.4, 0.5) is 0 Å². The highest BCUT2D eigenvalue weighted by Gasteiger charge is 2.22. The summed E-state index contributed by atoms with van der Waals surface area (Å²) in [6, 6.07) is 5.06. The molecular weight excluding hydrogens is 309 g/mol. The average molecular weight is 317 g/mol. The van der Waals surface area contributed by atoms with Crippen molar-refractivity contribution in [3.8, 4) is 11.3 Å². The van der Waals surface area contributed by atoms with Crippen molar-refractivity contribution in [3.63, 3.8) is 0 Å². The minimum atomic E-state index is -1.08. The lowest BCUT2D eigenvalue weighted by Crippen LogP contribution is -1.99. The molecular formula is C11H7BrClNO3. The van der Waals surface area contributed by atoms with Crippen molar-refractivity contribution in [2.45, 2.75) is 6.92 Å². The molecule has 1 N–H and O–H groups in total. The van der Waals surface area contributed by atoms with Gasteiger partial charge >= 0.3 is 5.97 Å². The third kappa shape index (κ3) is 2.21. The Morgan fingerprint density at radius 3 is 2.88 bits per heavy atom. The average Bonchev–Trinajstić information content (AvgIpc) is 2.64. The minimum absolute atomic E-state index is 0.0490. The van der Waals surface area contributed by atoms with Crippen molar-refractivity contribution in [3.05, 3.63) is 39.0 Å². The van der Waals surface area contributed by atoms with Gasteiger partial charge in [0.15, 0.2) is 0 Å². The number of aryl methyl sites for hydroxylation is 1. The van der Waals surface area contributed by atoms with Crippen LogP contribution in [0.15, 0.2) is 27.2 Å². The number of benzene rings is 1. The van der Waals surface area contributed by atoms with Crippen molar-refractivity contribution in [1.29, 1.82) is 0 Å². The van der Waals surface area contributed by atoms with Gasteiger partial charge in [0.1, 0.15) is 17.0 Å². The van der Waals surface area contributed by atoms with Gasteiger partial charge < -0.3 is 9.63 Å². The molecule has 0 aliphatic rings. The van der Waals surface area contributed by atoms with Crippen LogP contribution < -0.4 is 0 Å². The second kappa shape index (κ2) is 4.50. The van der Waals surface area contributed by atoms with Gasteiger partial charge in [-0.05, 0) is 25.1 Å². The van der Waals surface area contributed by atoms with Crippen LogP contribution in [0.25, 0.3) is 11.3 Å². The first-order chi connectivity index (χ1) is 8.00. The summed E-state index contributed by atoms with van der Waals surface area (Å²) in [5.74, 6) is -0.815. The van der Waals surface area contributed by atoms with Gasteiger partial charge in [0, 0.05) is 15.1 Å². The third-order valence-electron chi connectivity index (χ3n) is 2.26. The molecule has 0 saturated carbocycles. The van der Waals surface area contributed by atoms with Crippen molar-refractivity contribution in [1.82, 2.24) is 5.16 Å². The van der Waals surface area contributed by atoms with Gasteiger partial charge in [-0.25, -0.2) is 4.79 Å². The van der Waals surface area contributed by atoms with Gasteiger partial charge in [0.05, 0.1) is 0 Å². The molecule has 88 valence electrons. The number of aromatic carboxylic acids is 1. The molecule has 0 atom stereocenters. The van der Waals surface area contributed by atoms with Crippen LogP contribution in [0.2, 0.25) is 5.02 Å². The second-order valence-corrected chi connectivity index (χ2v) is 4.68. The molecule has 0 aliphatic heterocycles. The highest BCUT2D eigenvalue weighted by atomic mass is 79.9. The summed E-state index contributed by atoms with van der Waals surface area (Å²) >= 11 is 9.21. The fourth-order valence-electron chi connectivity index (χ4n) is 1.49. The van der Waals surface area contributed by atoms with Crippen molar-refractivity contribution in [2.75, 3.05) is 0 Å². The zero-order valence-corrected chi connectivity index (χ0v) is 11.0. The van der Waals surface area contributed by atoms with Crippen LogP contribution in [-0.2, 0) is 0 Å². The van der Waals surface area contributed by atoms with E-state index in [2.05, 4.69) is 21.1 Å². The molecule has 0 fully saturated rings. The van der Waals surface area contributed by atoms with E-state index in [0.29, 0.717) is 15.1 Å². The van der Waals surface area contributed by atoms with Gasteiger partial charge in [-0.3, -0.25) is 0 Å². The predicted octanol–water partition coefficient (Wildman–Crippen LogP) is 3.76. The monoisotopic (exact) mass is 315 g/mol. The summed E-state index contributed by atoms with van der Waals surface area (Å²) in [6.07, 6.45) is 0. The number of carboxylic acid groups (broad SMARTS) is 1. The molecule has 0 amide bonds. The lowest BCUT2D eigenvalue weighted by molar-refractivity contribution is 0.0696. The van der Waals surface area contributed by atoms with E-state index < -0.39 is 5.97 Å². The molecule has 0 radical (unpaired) electrons. The summed E-state index contributed by atoms with van der Waals surface area (Å²) in [5.41, 5.74) is 0.907. The SMILES string of the molecule is Cc1onc(-c2cc(Cl)ccc2Br)c1C(=O)O. The first-order valence-electron chi connectivity index (χ1n) is 4.65. The predicted molar refractivity (Wildman–Crippen MR) is 66.3 cm³/mol. The largest absolute Gasteiger partial charge is 0.477 e. The molecule has 1 aromatic carbocycles. The standard InChI is InChI=1S/C11H7BrClNO3/c1-5-9(11(15)16)10(14-17-5)7-4-6(13)2-3-8(7)12/h2-4H,1H3,(H,15,16). The maximum absolute atomic E-state index is 11.1. The Morgan fingerprint density at radius 2 is 2.24 bits per heavy atom. The topological polar surface area (TPSA) is 63.3 Å². The Bertz CT molecular complexity index is 594. The van der Waals surface area contributed by atoms with E-state index in [9.17, 15) is 4.79 Å². The summed E-state index contributed by atoms with van der Waals surface area (Å²) in [6.45, 7) is 1.55. The number of aromatic nitrogens is 1. The molecule has 0 aliphatic carbocycles. The Kier molecular flexibility index (Phi) is 3.22. The number of carboxylic acids is 1. The van der Waals surface area contributed by atoms with E-state index in [-0.39, 0.29) is 17.0 Å². The fraction of sp³-hybridized carbons (Fsp3) is 0.0909. The highest BCUT2D eigenvalue weighted by molar-refractivity contribution is 9.10. The summed E-state index contributed by atoms with van der Waals surface area (Å²) in [7, 11) is 0. The first-order valence-corrected chi connectivity index (χ1v) is 5.82. The lowest BCUT2D eigenvalue weighted by atomic mass is 10.1. The smallest absolute Gasteiger partial charge is 0.341 e. The van der Waals surface area contributed by atoms with E-state index in [0.717, 1.165) is 0 Å². The first kappa shape index (κ1) is 12.1. The number of hydrogen-bond acceptors (Lipinski definition) is 3. The van der Waals surface area contributed by atoms with Crippen LogP contribution in [0, 0.1) is 6.92 Å². The number of halogens is 2. The molecule has 2 aromatic rings. The number of carbonyl (C=O) groups is 1. The van der Waals surface area contributed by atoms with Gasteiger partial charge in [-0.1, -0.05) is 32.7 Å². The van der Waals surface area contributed by atoms with Gasteiger partial charge in [0.2, 0.25) is 0 Å². The zero-order chi connectivity index (χ0) is 12.6. The molecule has 17 heavy (non-hydrogen) atoms. The minimum Gasteiger partial charge on any atom is -0.477 e. The lowest BCUT2D eigenvalue weighted by Gasteiger charge is -2.02. The van der Waals surface area contributed by atoms with Crippen molar-refractivity contribution in [2.24, 2.45) is 0 Å². The van der Waals surface area contributed by atoms with Crippen LogP contribution in [0.1, 0.15) is 16.1 Å². The molecule has 2 rings (SSSR count). The molecule has 0 unspecified atom stereocenters. The van der Waals surface area contributed by atoms with Crippen LogP contribution in [0.3, 0.4) is 0 Å². The Balaban J connectivity index is 2.68. The van der Waals surface area contributed by atoms with Gasteiger partial charge in [0.25, 0.3) is 0 Å². The van der Waals surface area contributed by atoms with Crippen LogP contribution in [-0.4, -0.2) is 16.2 Å². The van der Waals surface area contributed by atoms with E-state index in [1.165, 1.54) is 0 Å². The van der Waals surface area contributed by atoms with Gasteiger partial charge in [-0.15, -0.1) is 0 Å². The Hall–Kier alpha value is -1.33. The molecule has 6 heteroatoms. The normalized spacial score (nSPS) is 10.5. The van der Waals surface area contributed by atoms with E-state index in [1.54, 1.807) is 25.1 Å². The van der Waals surface area contributed by atoms with Crippen LogP contribution in [0.5, 0.6) is 0 Å². The third-order valence-corrected chi connectivity index (χ3v) is 3.19. The quantitative estimate of drug-likeness (QED) is 0.916. The molecule has 1 heterocycles.